The molecule has 2 amide bonds. The van der Waals surface area contributed by atoms with Crippen molar-refractivity contribution in [3.05, 3.63) is 125 Å². The number of hydrogen-bond donors (Lipinski definition) is 1. The summed E-state index contributed by atoms with van der Waals surface area (Å²) in [7, 11) is 0. The highest BCUT2D eigenvalue weighted by Crippen LogP contribution is 2.27. The number of hydrogen-bond acceptors (Lipinski definition) is 3. The topological polar surface area (TPSA) is 67.2 Å². The maximum absolute atomic E-state index is 13.2. The van der Waals surface area contributed by atoms with Crippen molar-refractivity contribution >= 4 is 11.8 Å². The second kappa shape index (κ2) is 10.6. The fourth-order valence-corrected chi connectivity index (χ4v) is 4.63. The van der Waals surface area contributed by atoms with Gasteiger partial charge in [-0.3, -0.25) is 14.3 Å². The first kappa shape index (κ1) is 23.5. The second-order valence-electron chi connectivity index (χ2n) is 8.91. The average Bonchev–Trinajstić information content (AvgIpc) is 3.36. The number of nitrogens with zero attached hydrogens (tertiary/aromatic N) is 3. The smallest absolute Gasteiger partial charge is 0.272 e. The van der Waals surface area contributed by atoms with Crippen LogP contribution in [0.2, 0.25) is 0 Å². The van der Waals surface area contributed by atoms with E-state index in [4.69, 9.17) is 0 Å². The fourth-order valence-electron chi connectivity index (χ4n) is 4.63. The number of aromatic nitrogens is 2. The van der Waals surface area contributed by atoms with Crippen LogP contribution in [0.15, 0.2) is 91.0 Å². The molecule has 3 aromatic carbocycles. The lowest BCUT2D eigenvalue weighted by atomic mass is 9.88. The van der Waals surface area contributed by atoms with Gasteiger partial charge < -0.3 is 10.2 Å². The number of halogens is 1. The van der Waals surface area contributed by atoms with Gasteiger partial charge in [-0.05, 0) is 35.2 Å². The van der Waals surface area contributed by atoms with Crippen LogP contribution < -0.4 is 5.32 Å². The van der Waals surface area contributed by atoms with Gasteiger partial charge in [-0.25, -0.2) is 4.39 Å². The monoisotopic (exact) mass is 482 g/mol. The molecule has 7 heteroatoms. The van der Waals surface area contributed by atoms with E-state index in [1.807, 2.05) is 36.4 Å². The predicted molar refractivity (Wildman–Crippen MR) is 135 cm³/mol. The number of nitrogens with one attached hydrogen (secondary N) is 1. The number of rotatable bonds is 8. The van der Waals surface area contributed by atoms with Crippen LogP contribution >= 0.6 is 0 Å². The van der Waals surface area contributed by atoms with Crippen LogP contribution in [0.5, 0.6) is 0 Å². The summed E-state index contributed by atoms with van der Waals surface area (Å²) >= 11 is 0. The lowest BCUT2D eigenvalue weighted by Gasteiger charge is -2.27. The van der Waals surface area contributed by atoms with Gasteiger partial charge >= 0.3 is 0 Å². The Bertz CT molecular complexity index is 1300. The largest absolute Gasteiger partial charge is 0.351 e. The van der Waals surface area contributed by atoms with E-state index >= 15 is 0 Å². The summed E-state index contributed by atoms with van der Waals surface area (Å²) in [5, 5.41) is 7.35. The van der Waals surface area contributed by atoms with Gasteiger partial charge in [0.25, 0.3) is 11.8 Å². The molecule has 182 valence electrons. The van der Waals surface area contributed by atoms with Gasteiger partial charge in [-0.15, -0.1) is 0 Å². The highest BCUT2D eigenvalue weighted by atomic mass is 19.1. The summed E-state index contributed by atoms with van der Waals surface area (Å²) < 4.78 is 14.8. The van der Waals surface area contributed by atoms with Gasteiger partial charge in [-0.2, -0.15) is 5.10 Å². The van der Waals surface area contributed by atoms with Crippen molar-refractivity contribution in [3.8, 4) is 0 Å². The molecule has 0 saturated carbocycles. The van der Waals surface area contributed by atoms with Gasteiger partial charge in [0.05, 0.1) is 6.54 Å². The number of carbonyl (C=O) groups excluding carboxylic acids is 2. The predicted octanol–water partition coefficient (Wildman–Crippen LogP) is 4.63. The van der Waals surface area contributed by atoms with Gasteiger partial charge in [0, 0.05) is 31.6 Å². The van der Waals surface area contributed by atoms with Crippen LogP contribution in [0.4, 0.5) is 4.39 Å². The quantitative estimate of drug-likeness (QED) is 0.398. The normalized spacial score (nSPS) is 13.1. The van der Waals surface area contributed by atoms with Crippen molar-refractivity contribution < 1.29 is 14.0 Å². The third kappa shape index (κ3) is 5.20. The third-order valence-corrected chi connectivity index (χ3v) is 6.51. The van der Waals surface area contributed by atoms with E-state index in [0.29, 0.717) is 31.9 Å². The first-order chi connectivity index (χ1) is 17.6. The Morgan fingerprint density at radius 3 is 2.19 bits per heavy atom. The first-order valence-electron chi connectivity index (χ1n) is 12.1. The maximum Gasteiger partial charge on any atom is 0.272 e. The molecule has 0 radical (unpaired) electrons. The molecule has 0 fully saturated rings. The van der Waals surface area contributed by atoms with Crippen molar-refractivity contribution in [1.29, 1.82) is 0 Å². The highest BCUT2D eigenvalue weighted by Gasteiger charge is 2.28. The zero-order chi connectivity index (χ0) is 24.9. The highest BCUT2D eigenvalue weighted by molar-refractivity contribution is 5.98. The molecule has 4 aromatic rings. The van der Waals surface area contributed by atoms with Crippen molar-refractivity contribution in [2.75, 3.05) is 13.1 Å². The summed E-state index contributed by atoms with van der Waals surface area (Å²) in [4.78, 5) is 27.6. The molecule has 5 rings (SSSR count). The van der Waals surface area contributed by atoms with Gasteiger partial charge in [0.1, 0.15) is 11.5 Å². The van der Waals surface area contributed by atoms with E-state index in [-0.39, 0.29) is 29.2 Å². The van der Waals surface area contributed by atoms with Crippen molar-refractivity contribution in [1.82, 2.24) is 20.0 Å². The van der Waals surface area contributed by atoms with Gasteiger partial charge in [0.15, 0.2) is 5.69 Å². The summed E-state index contributed by atoms with van der Waals surface area (Å²) in [5.74, 6) is -0.638. The molecule has 0 unspecified atom stereocenters. The Morgan fingerprint density at radius 1 is 0.917 bits per heavy atom. The molecule has 1 N–H and O–H groups in total. The number of amides is 2. The molecule has 0 aliphatic carbocycles. The van der Waals surface area contributed by atoms with Crippen LogP contribution in [-0.4, -0.2) is 39.6 Å². The molecule has 0 spiro atoms. The molecule has 0 saturated heterocycles. The molecule has 1 aromatic heterocycles. The first-order valence-corrected chi connectivity index (χ1v) is 12.1. The minimum absolute atomic E-state index is 0.157. The Hall–Kier alpha value is -4.26. The fraction of sp³-hybridized carbons (Fsp3) is 0.207. The minimum atomic E-state index is -0.309. The van der Waals surface area contributed by atoms with Gasteiger partial charge in [0.2, 0.25) is 0 Å². The summed E-state index contributed by atoms with van der Waals surface area (Å²) in [6, 6.07) is 28.2. The Balaban J connectivity index is 1.23. The van der Waals surface area contributed by atoms with Crippen molar-refractivity contribution in [2.24, 2.45) is 0 Å². The minimum Gasteiger partial charge on any atom is -0.351 e. The van der Waals surface area contributed by atoms with Crippen LogP contribution in [0.1, 0.15) is 50.0 Å². The van der Waals surface area contributed by atoms with Crippen molar-refractivity contribution in [2.45, 2.75) is 25.4 Å². The Labute approximate surface area is 209 Å². The van der Waals surface area contributed by atoms with E-state index in [2.05, 4.69) is 34.7 Å². The van der Waals surface area contributed by atoms with E-state index in [1.165, 1.54) is 23.3 Å². The molecule has 1 aliphatic rings. The lowest BCUT2D eigenvalue weighted by Crippen LogP contribution is -2.39. The van der Waals surface area contributed by atoms with E-state index in [1.54, 1.807) is 27.8 Å². The average molecular weight is 483 g/mol. The zero-order valence-electron chi connectivity index (χ0n) is 19.8. The Kier molecular flexibility index (Phi) is 6.89. The number of carbonyl (C=O) groups is 2. The van der Waals surface area contributed by atoms with Gasteiger partial charge in [-0.1, -0.05) is 72.8 Å². The maximum atomic E-state index is 13.2. The molecule has 6 nitrogen and oxygen atoms in total. The van der Waals surface area contributed by atoms with Crippen LogP contribution in [0.3, 0.4) is 0 Å². The van der Waals surface area contributed by atoms with E-state index in [9.17, 15) is 14.0 Å². The Morgan fingerprint density at radius 2 is 1.56 bits per heavy atom. The molecular formula is C29H27FN4O2. The molecule has 36 heavy (non-hydrogen) atoms. The SMILES string of the molecule is O=C(NCCC(c1ccccc1)c1ccccc1)c1cc2n(n1)CCN(Cc1ccc(F)cc1)C2=O. The summed E-state index contributed by atoms with van der Waals surface area (Å²) in [5.41, 5.74) is 3.87. The zero-order valence-corrected chi connectivity index (χ0v) is 19.8. The summed E-state index contributed by atoms with van der Waals surface area (Å²) in [6.45, 7) is 1.83. The molecule has 0 atom stereocenters. The van der Waals surface area contributed by atoms with Crippen molar-refractivity contribution in [3.63, 3.8) is 0 Å². The molecule has 2 heterocycles. The number of benzene rings is 3. The van der Waals surface area contributed by atoms with E-state index in [0.717, 1.165) is 12.0 Å². The lowest BCUT2D eigenvalue weighted by molar-refractivity contribution is 0.0683. The van der Waals surface area contributed by atoms with Crippen LogP contribution in [-0.2, 0) is 13.1 Å². The summed E-state index contributed by atoms with van der Waals surface area (Å²) in [6.07, 6.45) is 0.734. The molecular weight excluding hydrogens is 455 g/mol. The number of fused-ring (bicyclic) bond motifs is 1. The molecule has 0 bridgehead atoms. The van der Waals surface area contributed by atoms with Crippen LogP contribution in [0.25, 0.3) is 0 Å². The van der Waals surface area contributed by atoms with Crippen LogP contribution in [0, 0.1) is 5.82 Å². The standard InChI is InChI=1S/C29H27FN4O2/c30-24-13-11-21(12-14-24)20-33-17-18-34-27(29(33)36)19-26(32-34)28(35)31-16-15-25(22-7-3-1-4-8-22)23-9-5-2-6-10-23/h1-14,19,25H,15-18,20H2,(H,31,35). The second-order valence-corrected chi connectivity index (χ2v) is 8.91. The molecule has 1 aliphatic heterocycles. The van der Waals surface area contributed by atoms with E-state index < -0.39 is 0 Å². The third-order valence-electron chi connectivity index (χ3n) is 6.51.